The van der Waals surface area contributed by atoms with Crippen LogP contribution in [0, 0.1) is 0 Å². The fourth-order valence-electron chi connectivity index (χ4n) is 3.39. The smallest absolute Gasteiger partial charge is 0.119 e. The lowest BCUT2D eigenvalue weighted by Gasteiger charge is -2.09. The molecule has 2 heteroatoms. The van der Waals surface area contributed by atoms with Gasteiger partial charge in [0, 0.05) is 6.61 Å². The SMILES string of the molecule is CCCCCCCCc1ccc2cc(OCCCCCCO)ccc2c1. The maximum Gasteiger partial charge on any atom is 0.119 e. The van der Waals surface area contributed by atoms with Crippen LogP contribution in [0.3, 0.4) is 0 Å². The van der Waals surface area contributed by atoms with Gasteiger partial charge < -0.3 is 9.84 Å². The number of hydrogen-bond acceptors (Lipinski definition) is 2. The molecule has 0 saturated heterocycles. The Morgan fingerprint density at radius 1 is 0.731 bits per heavy atom. The Kier molecular flexibility index (Phi) is 10.2. The summed E-state index contributed by atoms with van der Waals surface area (Å²) in [5.74, 6) is 0.961. The van der Waals surface area contributed by atoms with E-state index < -0.39 is 0 Å². The summed E-state index contributed by atoms with van der Waals surface area (Å²) in [6.45, 7) is 3.32. The largest absolute Gasteiger partial charge is 0.494 e. The first-order valence-electron chi connectivity index (χ1n) is 10.6. The molecular weight excluding hydrogens is 320 g/mol. The average molecular weight is 357 g/mol. The third-order valence-electron chi connectivity index (χ3n) is 5.02. The Hall–Kier alpha value is -1.54. The van der Waals surface area contributed by atoms with E-state index in [1.54, 1.807) is 0 Å². The van der Waals surface area contributed by atoms with E-state index in [2.05, 4.69) is 43.3 Å². The molecule has 0 saturated carbocycles. The van der Waals surface area contributed by atoms with Crippen molar-refractivity contribution < 1.29 is 9.84 Å². The summed E-state index contributed by atoms with van der Waals surface area (Å²) in [4.78, 5) is 0. The second kappa shape index (κ2) is 12.8. The van der Waals surface area contributed by atoms with E-state index in [0.29, 0.717) is 6.61 Å². The third kappa shape index (κ3) is 7.78. The second-order valence-electron chi connectivity index (χ2n) is 7.35. The molecule has 0 aliphatic rings. The van der Waals surface area contributed by atoms with Gasteiger partial charge in [0.15, 0.2) is 0 Å². The molecule has 2 aromatic carbocycles. The Labute approximate surface area is 159 Å². The number of ether oxygens (including phenoxy) is 1. The minimum absolute atomic E-state index is 0.298. The zero-order chi connectivity index (χ0) is 18.5. The van der Waals surface area contributed by atoms with Crippen LogP contribution >= 0.6 is 0 Å². The van der Waals surface area contributed by atoms with Gasteiger partial charge in [-0.3, -0.25) is 0 Å². The van der Waals surface area contributed by atoms with E-state index in [9.17, 15) is 0 Å². The summed E-state index contributed by atoms with van der Waals surface area (Å²) < 4.78 is 5.87. The molecule has 0 aliphatic carbocycles. The van der Waals surface area contributed by atoms with E-state index >= 15 is 0 Å². The number of aryl methyl sites for hydroxylation is 1. The normalized spacial score (nSPS) is 11.2. The first-order chi connectivity index (χ1) is 12.8. The average Bonchev–Trinajstić information content (AvgIpc) is 2.67. The highest BCUT2D eigenvalue weighted by atomic mass is 16.5. The van der Waals surface area contributed by atoms with Gasteiger partial charge in [0.05, 0.1) is 6.61 Å². The minimum atomic E-state index is 0.298. The van der Waals surface area contributed by atoms with E-state index in [1.807, 2.05) is 0 Å². The maximum atomic E-state index is 8.78. The van der Waals surface area contributed by atoms with Crippen molar-refractivity contribution in [1.82, 2.24) is 0 Å². The number of aliphatic hydroxyl groups is 1. The molecule has 0 unspecified atom stereocenters. The predicted molar refractivity (Wildman–Crippen MR) is 112 cm³/mol. The van der Waals surface area contributed by atoms with Crippen molar-refractivity contribution in [2.75, 3.05) is 13.2 Å². The van der Waals surface area contributed by atoms with E-state index in [0.717, 1.165) is 38.0 Å². The first-order valence-corrected chi connectivity index (χ1v) is 10.6. The van der Waals surface area contributed by atoms with Crippen molar-refractivity contribution in [3.63, 3.8) is 0 Å². The molecule has 0 heterocycles. The summed E-state index contributed by atoms with van der Waals surface area (Å²) in [6, 6.07) is 13.3. The fourth-order valence-corrected chi connectivity index (χ4v) is 3.39. The minimum Gasteiger partial charge on any atom is -0.494 e. The molecule has 2 aromatic rings. The standard InChI is InChI=1S/C24H36O2/c1-2-3-4-5-6-9-12-21-13-14-23-20-24(16-15-22(23)19-21)26-18-11-8-7-10-17-25/h13-16,19-20,25H,2-12,17-18H2,1H3. The van der Waals surface area contributed by atoms with Crippen LogP contribution < -0.4 is 4.74 Å². The second-order valence-corrected chi connectivity index (χ2v) is 7.35. The highest BCUT2D eigenvalue weighted by Crippen LogP contribution is 2.23. The van der Waals surface area contributed by atoms with E-state index in [4.69, 9.17) is 9.84 Å². The highest BCUT2D eigenvalue weighted by molar-refractivity contribution is 5.84. The molecule has 2 rings (SSSR count). The number of unbranched alkanes of at least 4 members (excludes halogenated alkanes) is 8. The van der Waals surface area contributed by atoms with Gasteiger partial charge in [-0.2, -0.15) is 0 Å². The van der Waals surface area contributed by atoms with Crippen LogP contribution in [0.4, 0.5) is 0 Å². The summed E-state index contributed by atoms with van der Waals surface area (Å²) in [5.41, 5.74) is 1.45. The molecule has 26 heavy (non-hydrogen) atoms. The molecule has 0 atom stereocenters. The van der Waals surface area contributed by atoms with Crippen LogP contribution in [0.1, 0.15) is 76.7 Å². The van der Waals surface area contributed by atoms with Crippen molar-refractivity contribution in [2.45, 2.75) is 77.6 Å². The van der Waals surface area contributed by atoms with Gasteiger partial charge in [-0.1, -0.05) is 69.7 Å². The molecular formula is C24H36O2. The lowest BCUT2D eigenvalue weighted by Crippen LogP contribution is -1.97. The Morgan fingerprint density at radius 3 is 2.27 bits per heavy atom. The van der Waals surface area contributed by atoms with Crippen LogP contribution in [0.25, 0.3) is 10.8 Å². The summed E-state index contributed by atoms with van der Waals surface area (Å²) >= 11 is 0. The van der Waals surface area contributed by atoms with Gasteiger partial charge in [-0.25, -0.2) is 0 Å². The Balaban J connectivity index is 1.76. The quantitative estimate of drug-likeness (QED) is 0.383. The fraction of sp³-hybridized carbons (Fsp3) is 0.583. The van der Waals surface area contributed by atoms with Crippen LogP contribution in [0.15, 0.2) is 36.4 Å². The number of rotatable bonds is 14. The zero-order valence-corrected chi connectivity index (χ0v) is 16.5. The molecule has 0 fully saturated rings. The summed E-state index contributed by atoms with van der Waals surface area (Å²) in [6.07, 6.45) is 13.5. The van der Waals surface area contributed by atoms with Crippen LogP contribution in [-0.2, 0) is 6.42 Å². The van der Waals surface area contributed by atoms with Gasteiger partial charge in [-0.05, 0) is 60.6 Å². The van der Waals surface area contributed by atoms with E-state index in [-0.39, 0.29) is 0 Å². The van der Waals surface area contributed by atoms with Gasteiger partial charge >= 0.3 is 0 Å². The van der Waals surface area contributed by atoms with Gasteiger partial charge in [-0.15, -0.1) is 0 Å². The number of aliphatic hydroxyl groups excluding tert-OH is 1. The van der Waals surface area contributed by atoms with Crippen molar-refractivity contribution in [2.24, 2.45) is 0 Å². The number of benzene rings is 2. The van der Waals surface area contributed by atoms with Gasteiger partial charge in [0.2, 0.25) is 0 Å². The highest BCUT2D eigenvalue weighted by Gasteiger charge is 2.01. The molecule has 144 valence electrons. The lowest BCUT2D eigenvalue weighted by atomic mass is 10.0. The topological polar surface area (TPSA) is 29.5 Å². The molecule has 0 aromatic heterocycles. The van der Waals surface area contributed by atoms with Crippen molar-refractivity contribution in [3.05, 3.63) is 42.0 Å². The van der Waals surface area contributed by atoms with Crippen molar-refractivity contribution in [1.29, 1.82) is 0 Å². The predicted octanol–water partition coefficient (Wildman–Crippen LogP) is 6.67. The summed E-state index contributed by atoms with van der Waals surface area (Å²) in [5, 5.41) is 11.3. The molecule has 1 N–H and O–H groups in total. The van der Waals surface area contributed by atoms with Crippen molar-refractivity contribution in [3.8, 4) is 5.75 Å². The zero-order valence-electron chi connectivity index (χ0n) is 16.5. The Bertz CT molecular complexity index is 565. The number of fused-ring (bicyclic) bond motifs is 1. The molecule has 0 spiro atoms. The third-order valence-corrected chi connectivity index (χ3v) is 5.02. The molecule has 0 radical (unpaired) electrons. The lowest BCUT2D eigenvalue weighted by molar-refractivity contribution is 0.273. The van der Waals surface area contributed by atoms with Gasteiger partial charge in [0.1, 0.15) is 5.75 Å². The molecule has 0 aliphatic heterocycles. The first kappa shape index (κ1) is 20.8. The van der Waals surface area contributed by atoms with Crippen LogP contribution in [0.5, 0.6) is 5.75 Å². The monoisotopic (exact) mass is 356 g/mol. The van der Waals surface area contributed by atoms with Crippen LogP contribution in [0.2, 0.25) is 0 Å². The molecule has 0 amide bonds. The maximum absolute atomic E-state index is 8.78. The van der Waals surface area contributed by atoms with E-state index in [1.165, 1.54) is 61.3 Å². The van der Waals surface area contributed by atoms with Crippen molar-refractivity contribution >= 4 is 10.8 Å². The van der Waals surface area contributed by atoms with Crippen LogP contribution in [-0.4, -0.2) is 18.3 Å². The summed E-state index contributed by atoms with van der Waals surface area (Å²) in [7, 11) is 0. The van der Waals surface area contributed by atoms with Gasteiger partial charge in [0.25, 0.3) is 0 Å². The Morgan fingerprint density at radius 2 is 1.42 bits per heavy atom. The molecule has 2 nitrogen and oxygen atoms in total. The molecule has 0 bridgehead atoms. The number of hydrogen-bond donors (Lipinski definition) is 1.